The minimum absolute atomic E-state index is 0.818. The molecule has 5 nitrogen and oxygen atoms in total. The van der Waals surface area contributed by atoms with E-state index < -0.39 is 0 Å². The first-order valence-electron chi connectivity index (χ1n) is 7.48. The highest BCUT2D eigenvalue weighted by Gasteiger charge is 2.18. The summed E-state index contributed by atoms with van der Waals surface area (Å²) >= 11 is 0. The van der Waals surface area contributed by atoms with Crippen LogP contribution in [0.1, 0.15) is 36.0 Å². The van der Waals surface area contributed by atoms with Crippen LogP contribution >= 0.6 is 0 Å². The molecule has 0 atom stereocenters. The Morgan fingerprint density at radius 1 is 1.33 bits per heavy atom. The molecule has 3 rings (SSSR count). The highest BCUT2D eigenvalue weighted by Crippen LogP contribution is 2.18. The number of hydrogen-bond acceptors (Lipinski definition) is 4. The van der Waals surface area contributed by atoms with Crippen molar-refractivity contribution in [3.05, 3.63) is 58.6 Å². The number of fused-ring (bicyclic) bond motifs is 1. The van der Waals surface area contributed by atoms with Crippen molar-refractivity contribution in [2.24, 2.45) is 0 Å². The van der Waals surface area contributed by atoms with E-state index in [2.05, 4.69) is 21.8 Å². The van der Waals surface area contributed by atoms with Crippen molar-refractivity contribution < 1.29 is 4.73 Å². The lowest BCUT2D eigenvalue weighted by atomic mass is 10.1. The topological polar surface area (TPSA) is 56.0 Å². The molecule has 1 aliphatic heterocycles. The van der Waals surface area contributed by atoms with Crippen LogP contribution in [0.15, 0.2) is 30.7 Å². The van der Waals surface area contributed by atoms with Crippen molar-refractivity contribution in [1.82, 2.24) is 14.9 Å². The van der Waals surface area contributed by atoms with Gasteiger partial charge in [-0.15, -0.1) is 0 Å². The van der Waals surface area contributed by atoms with Gasteiger partial charge in [0, 0.05) is 62.1 Å². The van der Waals surface area contributed by atoms with E-state index >= 15 is 0 Å². The van der Waals surface area contributed by atoms with Crippen molar-refractivity contribution in [2.75, 3.05) is 6.54 Å². The van der Waals surface area contributed by atoms with Crippen LogP contribution in [0.4, 0.5) is 0 Å². The minimum atomic E-state index is 0.818. The molecule has 3 heterocycles. The highest BCUT2D eigenvalue weighted by atomic mass is 16.5. The maximum Gasteiger partial charge on any atom is 0.180 e. The molecular formula is C16H20N4O. The Morgan fingerprint density at radius 3 is 2.90 bits per heavy atom. The van der Waals surface area contributed by atoms with Crippen LogP contribution in [0.5, 0.6) is 0 Å². The van der Waals surface area contributed by atoms with Crippen LogP contribution in [0, 0.1) is 5.21 Å². The number of nitrogens with zero attached hydrogens (tertiary/aromatic N) is 4. The van der Waals surface area contributed by atoms with E-state index in [0.29, 0.717) is 0 Å². The van der Waals surface area contributed by atoms with E-state index in [9.17, 15) is 5.21 Å². The number of aryl methyl sites for hydroxylation is 1. The molecule has 2 aromatic rings. The van der Waals surface area contributed by atoms with Gasteiger partial charge in [0.1, 0.15) is 5.82 Å². The van der Waals surface area contributed by atoms with Crippen LogP contribution in [0.3, 0.4) is 0 Å². The fraction of sp³-hybridized carbons (Fsp3) is 0.438. The molecular weight excluding hydrogens is 264 g/mol. The first-order chi connectivity index (χ1) is 10.2. The normalized spacial score (nSPS) is 14.9. The molecule has 5 heteroatoms. The van der Waals surface area contributed by atoms with Gasteiger partial charge in [0.15, 0.2) is 12.4 Å². The third-order valence-corrected chi connectivity index (χ3v) is 3.81. The third kappa shape index (κ3) is 3.36. The molecule has 110 valence electrons. The quantitative estimate of drug-likeness (QED) is 0.632. The number of rotatable bonds is 4. The lowest BCUT2D eigenvalue weighted by molar-refractivity contribution is -0.605. The van der Waals surface area contributed by atoms with Gasteiger partial charge in [-0.25, -0.2) is 9.97 Å². The largest absolute Gasteiger partial charge is 0.619 e. The number of hydrogen-bond donors (Lipinski definition) is 0. The number of aromatic nitrogens is 3. The highest BCUT2D eigenvalue weighted by molar-refractivity contribution is 5.21. The maximum atomic E-state index is 11.0. The van der Waals surface area contributed by atoms with Crippen molar-refractivity contribution in [1.29, 1.82) is 0 Å². The molecule has 0 fully saturated rings. The van der Waals surface area contributed by atoms with Gasteiger partial charge < -0.3 is 5.21 Å². The molecule has 0 spiro atoms. The maximum absolute atomic E-state index is 11.0. The van der Waals surface area contributed by atoms with Crippen LogP contribution < -0.4 is 4.73 Å². The van der Waals surface area contributed by atoms with Crippen molar-refractivity contribution >= 4 is 0 Å². The Kier molecular flexibility index (Phi) is 4.10. The average molecular weight is 284 g/mol. The zero-order chi connectivity index (χ0) is 14.7. The Morgan fingerprint density at radius 2 is 2.14 bits per heavy atom. The van der Waals surface area contributed by atoms with Crippen LogP contribution in [0.25, 0.3) is 0 Å². The van der Waals surface area contributed by atoms with Crippen molar-refractivity contribution in [2.45, 2.75) is 39.3 Å². The van der Waals surface area contributed by atoms with E-state index in [1.54, 1.807) is 12.4 Å². The molecule has 0 radical (unpaired) electrons. The van der Waals surface area contributed by atoms with Crippen molar-refractivity contribution in [3.63, 3.8) is 0 Å². The summed E-state index contributed by atoms with van der Waals surface area (Å²) in [5.74, 6) is 0.966. The van der Waals surface area contributed by atoms with E-state index in [-0.39, 0.29) is 0 Å². The van der Waals surface area contributed by atoms with Crippen LogP contribution in [-0.2, 0) is 25.9 Å². The standard InChI is InChI=1S/C16H20N4O/c1-2-3-16-17-10-14-12-19(7-6-15(14)18-16)11-13-4-8-20(21)9-5-13/h4-5,8-10H,2-3,6-7,11-12H2,1H3. The zero-order valence-corrected chi connectivity index (χ0v) is 12.3. The summed E-state index contributed by atoms with van der Waals surface area (Å²) in [7, 11) is 0. The Bertz CT molecular complexity index is 612. The van der Waals surface area contributed by atoms with Gasteiger partial charge in [-0.3, -0.25) is 4.90 Å². The molecule has 0 saturated heterocycles. The van der Waals surface area contributed by atoms with E-state index in [4.69, 9.17) is 0 Å². The van der Waals surface area contributed by atoms with Gasteiger partial charge in [0.05, 0.1) is 0 Å². The van der Waals surface area contributed by atoms with Gasteiger partial charge in [-0.2, -0.15) is 4.73 Å². The van der Waals surface area contributed by atoms with Gasteiger partial charge in [-0.05, 0) is 12.0 Å². The van der Waals surface area contributed by atoms with Crippen LogP contribution in [-0.4, -0.2) is 21.4 Å². The summed E-state index contributed by atoms with van der Waals surface area (Å²) in [6.45, 7) is 4.89. The smallest absolute Gasteiger partial charge is 0.180 e. The van der Waals surface area contributed by atoms with E-state index in [1.165, 1.54) is 11.3 Å². The van der Waals surface area contributed by atoms with Gasteiger partial charge in [-0.1, -0.05) is 6.92 Å². The molecule has 0 aromatic carbocycles. The Labute approximate surface area is 124 Å². The molecule has 0 amide bonds. The summed E-state index contributed by atoms with van der Waals surface area (Å²) in [4.78, 5) is 11.5. The summed E-state index contributed by atoms with van der Waals surface area (Å²) in [5.41, 5.74) is 3.60. The van der Waals surface area contributed by atoms with Crippen LogP contribution in [0.2, 0.25) is 0 Å². The first-order valence-corrected chi connectivity index (χ1v) is 7.48. The van der Waals surface area contributed by atoms with Gasteiger partial charge >= 0.3 is 0 Å². The fourth-order valence-electron chi connectivity index (χ4n) is 2.70. The van der Waals surface area contributed by atoms with Crippen molar-refractivity contribution in [3.8, 4) is 0 Å². The molecule has 0 saturated carbocycles. The molecule has 0 unspecified atom stereocenters. The molecule has 21 heavy (non-hydrogen) atoms. The first kappa shape index (κ1) is 13.9. The van der Waals surface area contributed by atoms with Gasteiger partial charge in [0.25, 0.3) is 0 Å². The molecule has 0 N–H and O–H groups in total. The van der Waals surface area contributed by atoms with E-state index in [1.807, 2.05) is 18.3 Å². The fourth-order valence-corrected chi connectivity index (χ4v) is 2.70. The summed E-state index contributed by atoms with van der Waals surface area (Å²) < 4.78 is 0.818. The second-order valence-electron chi connectivity index (χ2n) is 5.54. The lowest BCUT2D eigenvalue weighted by Gasteiger charge is -2.27. The third-order valence-electron chi connectivity index (χ3n) is 3.81. The lowest BCUT2D eigenvalue weighted by Crippen LogP contribution is -2.31. The van der Waals surface area contributed by atoms with Gasteiger partial charge in [0.2, 0.25) is 0 Å². The molecule has 1 aliphatic rings. The summed E-state index contributed by atoms with van der Waals surface area (Å²) in [6.07, 6.45) is 8.09. The second kappa shape index (κ2) is 6.18. The van der Waals surface area contributed by atoms with E-state index in [0.717, 1.165) is 55.0 Å². The Balaban J connectivity index is 1.68. The molecule has 0 aliphatic carbocycles. The SMILES string of the molecule is CCCc1ncc2c(n1)CCN(Cc1cc[n+]([O-])cc1)C2. The molecule has 2 aromatic heterocycles. The predicted molar refractivity (Wildman–Crippen MR) is 79.2 cm³/mol. The minimum Gasteiger partial charge on any atom is -0.619 e. The Hall–Kier alpha value is -2.01. The second-order valence-corrected chi connectivity index (χ2v) is 5.54. The molecule has 0 bridgehead atoms. The zero-order valence-electron chi connectivity index (χ0n) is 12.3. The predicted octanol–water partition coefficient (Wildman–Crippen LogP) is 1.62. The monoisotopic (exact) mass is 284 g/mol. The summed E-state index contributed by atoms with van der Waals surface area (Å²) in [6, 6.07) is 3.76. The average Bonchev–Trinajstić information content (AvgIpc) is 2.50. The summed E-state index contributed by atoms with van der Waals surface area (Å²) in [5, 5.41) is 11.0. The number of pyridine rings is 1.